The Bertz CT molecular complexity index is 519. The topological polar surface area (TPSA) is 48.9 Å². The van der Waals surface area contributed by atoms with Crippen LogP contribution in [0.1, 0.15) is 45.1 Å². The first-order valence-corrected chi connectivity index (χ1v) is 10.7. The average Bonchev–Trinajstić information content (AvgIpc) is 2.70. The molecule has 0 amide bonds. The number of rotatable bonds is 11. The summed E-state index contributed by atoms with van der Waals surface area (Å²) < 4.78 is 5.75. The lowest BCUT2D eigenvalue weighted by atomic mass is 10.1. The molecule has 1 saturated heterocycles. The highest BCUT2D eigenvalue weighted by molar-refractivity contribution is 14.0. The zero-order valence-corrected chi connectivity index (χ0v) is 20.0. The van der Waals surface area contributed by atoms with Gasteiger partial charge >= 0.3 is 0 Å². The van der Waals surface area contributed by atoms with Crippen LogP contribution in [0.5, 0.6) is 0 Å². The van der Waals surface area contributed by atoms with Crippen LogP contribution in [0.15, 0.2) is 35.3 Å². The monoisotopic (exact) mass is 502 g/mol. The van der Waals surface area contributed by atoms with Crippen LogP contribution in [0.3, 0.4) is 0 Å². The molecule has 0 bridgehead atoms. The SMILES string of the molecule is CCCN1CCC(NC(=NCCCOCCc2ccccc2)NCC)CC1.I. The number of nitrogens with zero attached hydrogens (tertiary/aromatic N) is 2. The molecule has 0 unspecified atom stereocenters. The molecule has 6 heteroatoms. The molecular weight excluding hydrogens is 463 g/mol. The van der Waals surface area contributed by atoms with Gasteiger partial charge in [-0.2, -0.15) is 0 Å². The number of hydrogen-bond acceptors (Lipinski definition) is 3. The molecule has 0 saturated carbocycles. The molecule has 0 spiro atoms. The molecule has 0 atom stereocenters. The summed E-state index contributed by atoms with van der Waals surface area (Å²) in [5, 5.41) is 6.99. The zero-order chi connectivity index (χ0) is 19.2. The van der Waals surface area contributed by atoms with Gasteiger partial charge in [-0.3, -0.25) is 4.99 Å². The Hall–Kier alpha value is -0.860. The summed E-state index contributed by atoms with van der Waals surface area (Å²) in [4.78, 5) is 7.28. The number of piperidine rings is 1. The zero-order valence-electron chi connectivity index (χ0n) is 17.7. The van der Waals surface area contributed by atoms with E-state index in [4.69, 9.17) is 9.73 Å². The minimum absolute atomic E-state index is 0. The van der Waals surface area contributed by atoms with Crippen LogP contribution < -0.4 is 10.6 Å². The summed E-state index contributed by atoms with van der Waals surface area (Å²) in [6, 6.07) is 11.0. The summed E-state index contributed by atoms with van der Waals surface area (Å²) in [5.74, 6) is 0.954. The highest BCUT2D eigenvalue weighted by Gasteiger charge is 2.19. The molecule has 28 heavy (non-hydrogen) atoms. The van der Waals surface area contributed by atoms with Crippen LogP contribution in [0.4, 0.5) is 0 Å². The lowest BCUT2D eigenvalue weighted by molar-refractivity contribution is 0.136. The van der Waals surface area contributed by atoms with Crippen LogP contribution in [0, 0.1) is 0 Å². The molecule has 1 aliphatic heterocycles. The van der Waals surface area contributed by atoms with E-state index in [1.807, 2.05) is 6.07 Å². The number of ether oxygens (including phenoxy) is 1. The van der Waals surface area contributed by atoms with Crippen LogP contribution in [0.25, 0.3) is 0 Å². The number of hydrogen-bond donors (Lipinski definition) is 2. The smallest absolute Gasteiger partial charge is 0.191 e. The Morgan fingerprint density at radius 3 is 2.57 bits per heavy atom. The highest BCUT2D eigenvalue weighted by Crippen LogP contribution is 2.10. The standard InChI is InChI=1S/C22H38N4O.HI/c1-3-15-26-16-11-21(12-17-26)25-22(23-4-2)24-14-8-18-27-19-13-20-9-6-5-7-10-20;/h5-7,9-10,21H,3-4,8,11-19H2,1-2H3,(H2,23,24,25);1H. The quantitative estimate of drug-likeness (QED) is 0.210. The van der Waals surface area contributed by atoms with E-state index < -0.39 is 0 Å². The molecule has 0 aliphatic carbocycles. The Kier molecular flexibility index (Phi) is 14.4. The molecule has 1 aromatic carbocycles. The average molecular weight is 502 g/mol. The second-order valence-corrected chi connectivity index (χ2v) is 7.22. The van der Waals surface area contributed by atoms with E-state index in [9.17, 15) is 0 Å². The molecule has 1 heterocycles. The van der Waals surface area contributed by atoms with Crippen LogP contribution in [-0.4, -0.2) is 62.8 Å². The Labute approximate surface area is 188 Å². The van der Waals surface area contributed by atoms with E-state index in [-0.39, 0.29) is 24.0 Å². The Balaban J connectivity index is 0.00000392. The minimum Gasteiger partial charge on any atom is -0.381 e. The molecule has 0 aromatic heterocycles. The normalized spacial score (nSPS) is 15.9. The van der Waals surface area contributed by atoms with Crippen LogP contribution in [-0.2, 0) is 11.2 Å². The molecule has 160 valence electrons. The van der Waals surface area contributed by atoms with E-state index in [0.29, 0.717) is 6.04 Å². The molecule has 2 rings (SSSR count). The van der Waals surface area contributed by atoms with Crippen molar-refractivity contribution in [2.24, 2.45) is 4.99 Å². The van der Waals surface area contributed by atoms with Crippen molar-refractivity contribution in [3.05, 3.63) is 35.9 Å². The van der Waals surface area contributed by atoms with Gasteiger partial charge in [0.05, 0.1) is 6.61 Å². The second kappa shape index (κ2) is 16.0. The largest absolute Gasteiger partial charge is 0.381 e. The molecule has 2 N–H and O–H groups in total. The van der Waals surface area contributed by atoms with Gasteiger partial charge in [-0.1, -0.05) is 37.3 Å². The van der Waals surface area contributed by atoms with Crippen molar-refractivity contribution in [3.63, 3.8) is 0 Å². The van der Waals surface area contributed by atoms with E-state index in [0.717, 1.165) is 45.1 Å². The third-order valence-electron chi connectivity index (χ3n) is 4.91. The second-order valence-electron chi connectivity index (χ2n) is 7.22. The van der Waals surface area contributed by atoms with Crippen molar-refractivity contribution in [3.8, 4) is 0 Å². The van der Waals surface area contributed by atoms with Crippen molar-refractivity contribution in [2.45, 2.75) is 52.0 Å². The van der Waals surface area contributed by atoms with Gasteiger partial charge < -0.3 is 20.3 Å². The fraction of sp³-hybridized carbons (Fsp3) is 0.682. The predicted octanol–water partition coefficient (Wildman–Crippen LogP) is 3.68. The molecule has 1 aromatic rings. The third-order valence-corrected chi connectivity index (χ3v) is 4.91. The van der Waals surface area contributed by atoms with Crippen molar-refractivity contribution >= 4 is 29.9 Å². The molecule has 1 aliphatic rings. The molecule has 5 nitrogen and oxygen atoms in total. The first-order valence-electron chi connectivity index (χ1n) is 10.7. The summed E-state index contributed by atoms with van der Waals surface area (Å²) in [6.07, 6.45) is 5.58. The number of nitrogens with one attached hydrogen (secondary N) is 2. The Morgan fingerprint density at radius 2 is 1.89 bits per heavy atom. The maximum absolute atomic E-state index is 5.75. The van der Waals surface area contributed by atoms with E-state index >= 15 is 0 Å². The maximum Gasteiger partial charge on any atom is 0.191 e. The van der Waals surface area contributed by atoms with Gasteiger partial charge in [-0.05, 0) is 51.1 Å². The molecule has 1 fully saturated rings. The van der Waals surface area contributed by atoms with E-state index in [1.54, 1.807) is 0 Å². The first kappa shape index (κ1) is 25.2. The van der Waals surface area contributed by atoms with Crippen molar-refractivity contribution in [2.75, 3.05) is 45.9 Å². The fourth-order valence-electron chi connectivity index (χ4n) is 3.42. The van der Waals surface area contributed by atoms with Gasteiger partial charge in [-0.25, -0.2) is 0 Å². The van der Waals surface area contributed by atoms with Crippen molar-refractivity contribution in [1.29, 1.82) is 0 Å². The van der Waals surface area contributed by atoms with Gasteiger partial charge in [-0.15, -0.1) is 24.0 Å². The minimum atomic E-state index is 0. The Morgan fingerprint density at radius 1 is 1.14 bits per heavy atom. The highest BCUT2D eigenvalue weighted by atomic mass is 127. The summed E-state index contributed by atoms with van der Waals surface area (Å²) in [5.41, 5.74) is 1.33. The van der Waals surface area contributed by atoms with Crippen LogP contribution >= 0.6 is 24.0 Å². The first-order chi connectivity index (χ1) is 13.3. The van der Waals surface area contributed by atoms with Crippen LogP contribution in [0.2, 0.25) is 0 Å². The lowest BCUT2D eigenvalue weighted by Crippen LogP contribution is -2.48. The summed E-state index contributed by atoms with van der Waals surface area (Å²) in [6.45, 7) is 11.2. The fourth-order valence-corrected chi connectivity index (χ4v) is 3.42. The van der Waals surface area contributed by atoms with E-state index in [1.165, 1.54) is 44.5 Å². The van der Waals surface area contributed by atoms with Gasteiger partial charge in [0.15, 0.2) is 5.96 Å². The summed E-state index contributed by atoms with van der Waals surface area (Å²) >= 11 is 0. The van der Waals surface area contributed by atoms with Gasteiger partial charge in [0.25, 0.3) is 0 Å². The molecule has 0 radical (unpaired) electrons. The van der Waals surface area contributed by atoms with E-state index in [2.05, 4.69) is 53.6 Å². The summed E-state index contributed by atoms with van der Waals surface area (Å²) in [7, 11) is 0. The van der Waals surface area contributed by atoms with Crippen molar-refractivity contribution in [1.82, 2.24) is 15.5 Å². The van der Waals surface area contributed by atoms with Gasteiger partial charge in [0.1, 0.15) is 0 Å². The third kappa shape index (κ3) is 10.6. The number of guanidine groups is 1. The van der Waals surface area contributed by atoms with Crippen molar-refractivity contribution < 1.29 is 4.74 Å². The van der Waals surface area contributed by atoms with Gasteiger partial charge in [0, 0.05) is 38.8 Å². The number of likely N-dealkylation sites (tertiary alicyclic amines) is 1. The predicted molar refractivity (Wildman–Crippen MR) is 130 cm³/mol. The molecular formula is C22H39IN4O. The van der Waals surface area contributed by atoms with Gasteiger partial charge in [0.2, 0.25) is 0 Å². The number of halogens is 1. The number of benzene rings is 1. The number of aliphatic imine (C=N–C) groups is 1. The maximum atomic E-state index is 5.75. The lowest BCUT2D eigenvalue weighted by Gasteiger charge is -2.32.